The Hall–Kier alpha value is -3.22. The second-order valence-corrected chi connectivity index (χ2v) is 10.7. The van der Waals surface area contributed by atoms with Crippen molar-refractivity contribution >= 4 is 26.5 Å². The van der Waals surface area contributed by atoms with Gasteiger partial charge in [-0.1, -0.05) is 66.7 Å². The third-order valence-corrected chi connectivity index (χ3v) is 8.38. The number of halogens is 1. The molecule has 3 aromatic carbocycles. The average molecular weight is 475 g/mol. The first kappa shape index (κ1) is 22.6. The van der Waals surface area contributed by atoms with E-state index < -0.39 is 10.0 Å². The molecule has 0 N–H and O–H groups in total. The molecule has 0 fully saturated rings. The van der Waals surface area contributed by atoms with Crippen molar-refractivity contribution in [3.8, 4) is 0 Å². The number of hydrogen-bond acceptors (Lipinski definition) is 2. The molecule has 0 unspecified atom stereocenters. The van der Waals surface area contributed by atoms with Crippen LogP contribution in [0.2, 0.25) is 0 Å². The van der Waals surface area contributed by atoms with Gasteiger partial charge in [0, 0.05) is 41.8 Å². The number of sulfonamides is 1. The molecule has 0 spiro atoms. The number of para-hydroxylation sites is 1. The Morgan fingerprint density at radius 2 is 1.59 bits per heavy atom. The lowest BCUT2D eigenvalue weighted by Crippen LogP contribution is -2.35. The first-order chi connectivity index (χ1) is 16.4. The summed E-state index contributed by atoms with van der Waals surface area (Å²) in [4.78, 5) is 0. The number of fused-ring (bicyclic) bond motifs is 1. The molecular weight excluding hydrogens is 447 g/mol. The molecule has 0 aliphatic carbocycles. The van der Waals surface area contributed by atoms with Gasteiger partial charge in [0.25, 0.3) is 0 Å². The summed E-state index contributed by atoms with van der Waals surface area (Å²) in [6, 6.07) is 24.2. The van der Waals surface area contributed by atoms with Gasteiger partial charge in [-0.2, -0.15) is 4.31 Å². The second kappa shape index (κ2) is 9.20. The average Bonchev–Trinajstić information content (AvgIpc) is 3.12. The molecule has 0 radical (unpaired) electrons. The van der Waals surface area contributed by atoms with Crippen LogP contribution < -0.4 is 0 Å². The minimum atomic E-state index is -3.38. The summed E-state index contributed by atoms with van der Waals surface area (Å²) >= 11 is 0. The maximum Gasteiger partial charge on any atom is 0.218 e. The molecule has 5 rings (SSSR count). The predicted octanol–water partition coefficient (Wildman–Crippen LogP) is 5.76. The monoisotopic (exact) mass is 474 g/mol. The number of aromatic nitrogens is 1. The molecule has 0 saturated carbocycles. The lowest BCUT2D eigenvalue weighted by atomic mass is 9.97. The van der Waals surface area contributed by atoms with Crippen molar-refractivity contribution in [3.63, 3.8) is 0 Å². The van der Waals surface area contributed by atoms with Crippen molar-refractivity contribution in [2.24, 2.45) is 0 Å². The SMILES string of the molecule is Cc1c(C2=CCN(S(=O)(=O)Cc3ccccc3)CC2)c2ccccc2n1Cc1ccc(F)cc1. The van der Waals surface area contributed by atoms with Crippen LogP contribution in [0.25, 0.3) is 16.5 Å². The van der Waals surface area contributed by atoms with Crippen molar-refractivity contribution in [1.82, 2.24) is 8.87 Å². The molecule has 0 bridgehead atoms. The minimum absolute atomic E-state index is 0.0209. The van der Waals surface area contributed by atoms with E-state index in [9.17, 15) is 12.8 Å². The van der Waals surface area contributed by atoms with Crippen molar-refractivity contribution in [2.75, 3.05) is 13.1 Å². The fourth-order valence-corrected chi connectivity index (χ4v) is 6.29. The molecule has 0 atom stereocenters. The van der Waals surface area contributed by atoms with Crippen molar-refractivity contribution in [2.45, 2.75) is 25.6 Å². The van der Waals surface area contributed by atoms with Gasteiger partial charge in [-0.25, -0.2) is 12.8 Å². The number of rotatable bonds is 6. The molecule has 34 heavy (non-hydrogen) atoms. The van der Waals surface area contributed by atoms with Crippen LogP contribution >= 0.6 is 0 Å². The summed E-state index contributed by atoms with van der Waals surface area (Å²) in [7, 11) is -3.38. The van der Waals surface area contributed by atoms with Gasteiger partial charge in [0.1, 0.15) is 5.82 Å². The number of benzene rings is 3. The topological polar surface area (TPSA) is 42.3 Å². The van der Waals surface area contributed by atoms with Crippen LogP contribution in [-0.2, 0) is 22.3 Å². The fraction of sp³-hybridized carbons (Fsp3) is 0.214. The van der Waals surface area contributed by atoms with Crippen LogP contribution in [-0.4, -0.2) is 30.4 Å². The van der Waals surface area contributed by atoms with E-state index >= 15 is 0 Å². The summed E-state index contributed by atoms with van der Waals surface area (Å²) in [6.45, 7) is 3.61. The second-order valence-electron chi connectivity index (χ2n) is 8.77. The normalized spacial score (nSPS) is 14.9. The summed E-state index contributed by atoms with van der Waals surface area (Å²) in [5.41, 5.74) is 6.46. The number of nitrogens with zero attached hydrogens (tertiary/aromatic N) is 2. The van der Waals surface area contributed by atoms with Crippen LogP contribution in [0.5, 0.6) is 0 Å². The van der Waals surface area contributed by atoms with Gasteiger partial charge in [0.05, 0.1) is 5.75 Å². The van der Waals surface area contributed by atoms with Gasteiger partial charge in [-0.15, -0.1) is 0 Å². The first-order valence-corrected chi connectivity index (χ1v) is 13.1. The van der Waals surface area contributed by atoms with E-state index in [4.69, 9.17) is 0 Å². The van der Waals surface area contributed by atoms with E-state index in [0.29, 0.717) is 26.1 Å². The van der Waals surface area contributed by atoms with Crippen molar-refractivity contribution in [3.05, 3.63) is 113 Å². The lowest BCUT2D eigenvalue weighted by molar-refractivity contribution is 0.440. The molecular formula is C28H27FN2O2S. The largest absolute Gasteiger partial charge is 0.340 e. The van der Waals surface area contributed by atoms with E-state index in [1.54, 1.807) is 4.31 Å². The highest BCUT2D eigenvalue weighted by Gasteiger charge is 2.26. The summed E-state index contributed by atoms with van der Waals surface area (Å²) in [5, 5.41) is 1.16. The highest BCUT2D eigenvalue weighted by molar-refractivity contribution is 7.88. The van der Waals surface area contributed by atoms with Crippen LogP contribution in [0.15, 0.2) is 84.9 Å². The molecule has 1 aliphatic rings. The fourth-order valence-electron chi connectivity index (χ4n) is 4.82. The Kier molecular flexibility index (Phi) is 6.11. The maximum atomic E-state index is 13.4. The van der Waals surface area contributed by atoms with Gasteiger partial charge in [-0.3, -0.25) is 0 Å². The Balaban J connectivity index is 1.44. The van der Waals surface area contributed by atoms with Crippen LogP contribution in [0.1, 0.15) is 28.8 Å². The van der Waals surface area contributed by atoms with E-state index in [1.807, 2.05) is 54.6 Å². The van der Waals surface area contributed by atoms with Gasteiger partial charge >= 0.3 is 0 Å². The molecule has 2 heterocycles. The molecule has 6 heteroatoms. The maximum absolute atomic E-state index is 13.4. The zero-order valence-electron chi connectivity index (χ0n) is 19.1. The summed E-state index contributed by atoms with van der Waals surface area (Å²) < 4.78 is 43.2. The Morgan fingerprint density at radius 1 is 0.882 bits per heavy atom. The molecule has 4 nitrogen and oxygen atoms in total. The van der Waals surface area contributed by atoms with Gasteiger partial charge in [-0.05, 0) is 48.2 Å². The Morgan fingerprint density at radius 3 is 2.29 bits per heavy atom. The van der Waals surface area contributed by atoms with E-state index in [2.05, 4.69) is 29.7 Å². The highest BCUT2D eigenvalue weighted by atomic mass is 32.2. The highest BCUT2D eigenvalue weighted by Crippen LogP contribution is 2.35. The van der Waals surface area contributed by atoms with Crippen LogP contribution in [0.4, 0.5) is 4.39 Å². The van der Waals surface area contributed by atoms with Gasteiger partial charge in [0.15, 0.2) is 0 Å². The lowest BCUT2D eigenvalue weighted by Gasteiger charge is -2.26. The molecule has 4 aromatic rings. The smallest absolute Gasteiger partial charge is 0.218 e. The standard InChI is InChI=1S/C28H27FN2O2S/c1-21-28(24-15-17-30(18-16-24)34(32,33)20-23-7-3-2-4-8-23)26-9-5-6-10-27(26)31(21)19-22-11-13-25(29)14-12-22/h2-15H,16-20H2,1H3. The molecule has 0 saturated heterocycles. The molecule has 0 amide bonds. The molecule has 174 valence electrons. The zero-order valence-corrected chi connectivity index (χ0v) is 19.9. The van der Waals surface area contributed by atoms with Gasteiger partial charge < -0.3 is 4.57 Å². The first-order valence-electron chi connectivity index (χ1n) is 11.5. The van der Waals surface area contributed by atoms with Crippen molar-refractivity contribution in [1.29, 1.82) is 0 Å². The van der Waals surface area contributed by atoms with Gasteiger partial charge in [0.2, 0.25) is 10.0 Å². The van der Waals surface area contributed by atoms with Crippen molar-refractivity contribution < 1.29 is 12.8 Å². The minimum Gasteiger partial charge on any atom is -0.340 e. The quantitative estimate of drug-likeness (QED) is 0.357. The third kappa shape index (κ3) is 4.43. The zero-order chi connectivity index (χ0) is 23.7. The third-order valence-electron chi connectivity index (χ3n) is 6.56. The Labute approximate surface area is 200 Å². The van der Waals surface area contributed by atoms with Crippen LogP contribution in [0.3, 0.4) is 0 Å². The van der Waals surface area contributed by atoms with E-state index in [-0.39, 0.29) is 11.6 Å². The van der Waals surface area contributed by atoms with E-state index in [1.165, 1.54) is 23.3 Å². The summed E-state index contributed by atoms with van der Waals surface area (Å²) in [6.07, 6.45) is 2.72. The molecule has 1 aromatic heterocycles. The number of hydrogen-bond donors (Lipinski definition) is 0. The molecule has 1 aliphatic heterocycles. The van der Waals surface area contributed by atoms with Crippen LogP contribution in [0, 0.1) is 12.7 Å². The Bertz CT molecular complexity index is 1460. The van der Waals surface area contributed by atoms with E-state index in [0.717, 1.165) is 27.7 Å². The summed E-state index contributed by atoms with van der Waals surface area (Å²) in [5.74, 6) is -0.217. The predicted molar refractivity (Wildman–Crippen MR) is 135 cm³/mol.